The molecule has 0 atom stereocenters. The largest absolute Gasteiger partial charge is 0.328 e. The van der Waals surface area contributed by atoms with Crippen LogP contribution < -0.4 is 0 Å². The topological polar surface area (TPSA) is 63.4 Å². The van der Waals surface area contributed by atoms with E-state index in [1.165, 1.54) is 46.6 Å². The van der Waals surface area contributed by atoms with Gasteiger partial charge in [-0.05, 0) is 25.2 Å². The van der Waals surface area contributed by atoms with E-state index >= 15 is 0 Å². The fourth-order valence-electron chi connectivity index (χ4n) is 0.729. The molecule has 0 saturated carbocycles. The van der Waals surface area contributed by atoms with Crippen LogP contribution in [-0.2, 0) is 0 Å². The van der Waals surface area contributed by atoms with Crippen LogP contribution in [0.4, 0.5) is 0 Å². The first-order chi connectivity index (χ1) is 6.15. The Balaban J connectivity index is 0. The van der Waals surface area contributed by atoms with E-state index in [-0.39, 0.29) is 0 Å². The summed E-state index contributed by atoms with van der Waals surface area (Å²) < 4.78 is 0. The molecule has 0 aliphatic carbocycles. The molecular formula is C8H20NO3P. The lowest BCUT2D eigenvalue weighted by Crippen LogP contribution is -1.81. The van der Waals surface area contributed by atoms with Gasteiger partial charge in [0.15, 0.2) is 0 Å². The lowest BCUT2D eigenvalue weighted by atomic mass is 10.4. The molecule has 0 spiro atoms. The highest BCUT2D eigenvalue weighted by Crippen LogP contribution is 2.14. The molecule has 0 heterocycles. The predicted molar refractivity (Wildman–Crippen MR) is 56.6 cm³/mol. The van der Waals surface area contributed by atoms with Crippen molar-refractivity contribution in [3.63, 3.8) is 0 Å². The van der Waals surface area contributed by atoms with Crippen LogP contribution in [0.25, 0.3) is 0 Å². The third kappa shape index (κ3) is 34.0. The van der Waals surface area contributed by atoms with Crippen molar-refractivity contribution in [2.75, 3.05) is 12.3 Å². The van der Waals surface area contributed by atoms with Gasteiger partial charge in [-0.1, -0.05) is 26.7 Å². The lowest BCUT2D eigenvalue weighted by Gasteiger charge is -1.96. The third-order valence-electron chi connectivity index (χ3n) is 1.41. The van der Waals surface area contributed by atoms with Crippen molar-refractivity contribution in [1.29, 1.82) is 0 Å². The van der Waals surface area contributed by atoms with Gasteiger partial charge >= 0.3 is 0 Å². The quantitative estimate of drug-likeness (QED) is 0.316. The van der Waals surface area contributed by atoms with E-state index in [4.69, 9.17) is 15.3 Å². The second-order valence-electron chi connectivity index (χ2n) is 2.69. The first-order valence-corrected chi connectivity index (χ1v) is 6.10. The van der Waals surface area contributed by atoms with E-state index in [1.54, 1.807) is 0 Å². The average Bonchev–Trinajstić information content (AvgIpc) is 2.03. The van der Waals surface area contributed by atoms with Crippen molar-refractivity contribution in [1.82, 2.24) is 0 Å². The molecule has 0 aliphatic heterocycles. The van der Waals surface area contributed by atoms with Crippen LogP contribution in [0.2, 0.25) is 0 Å². The maximum atomic E-state index is 8.36. The zero-order valence-electron chi connectivity index (χ0n) is 8.45. The van der Waals surface area contributed by atoms with Gasteiger partial charge in [0.2, 0.25) is 0 Å². The van der Waals surface area contributed by atoms with E-state index in [0.717, 1.165) is 0 Å². The van der Waals surface area contributed by atoms with Crippen LogP contribution in [0.5, 0.6) is 0 Å². The molecule has 0 aromatic carbocycles. The molecule has 5 heteroatoms. The Bertz CT molecular complexity index is 102. The van der Waals surface area contributed by atoms with E-state index in [9.17, 15) is 0 Å². The third-order valence-corrected chi connectivity index (χ3v) is 2.83. The number of nitrogens with zero attached hydrogens (tertiary/aromatic N) is 1. The van der Waals surface area contributed by atoms with Crippen LogP contribution in [0.1, 0.15) is 39.5 Å². The Kier molecular flexibility index (Phi) is 16.5. The summed E-state index contributed by atoms with van der Waals surface area (Å²) in [5.41, 5.74) is 0. The first kappa shape index (κ1) is 15.1. The van der Waals surface area contributed by atoms with Gasteiger partial charge in [0.05, 0.1) is 0 Å². The molecule has 0 rings (SSSR count). The molecule has 0 unspecified atom stereocenters. The molecule has 1 N–H and O–H groups in total. The molecule has 0 aromatic rings. The Morgan fingerprint density at radius 2 is 1.54 bits per heavy atom. The fourth-order valence-corrected chi connectivity index (χ4v) is 2.19. The van der Waals surface area contributed by atoms with E-state index < -0.39 is 5.09 Å². The Morgan fingerprint density at radius 1 is 1.23 bits per heavy atom. The van der Waals surface area contributed by atoms with Gasteiger partial charge in [0.1, 0.15) is 0 Å². The van der Waals surface area contributed by atoms with Gasteiger partial charge in [-0.3, -0.25) is 0 Å². The lowest BCUT2D eigenvalue weighted by molar-refractivity contribution is -0.742. The Labute approximate surface area is 81.6 Å². The molecule has 4 nitrogen and oxygen atoms in total. The molecule has 0 amide bonds. The molecule has 0 aromatic heterocycles. The Morgan fingerprint density at radius 3 is 1.77 bits per heavy atom. The van der Waals surface area contributed by atoms with Crippen molar-refractivity contribution < 1.29 is 10.3 Å². The number of hydrogen-bond donors (Lipinski definition) is 1. The van der Waals surface area contributed by atoms with Crippen molar-refractivity contribution >= 4 is 8.58 Å². The molecule has 0 aliphatic rings. The SMILES string of the molecule is CCCCPCCCC.O=[N+]([O-])O. The average molecular weight is 209 g/mol. The maximum Gasteiger partial charge on any atom is 0.291 e. The molecular weight excluding hydrogens is 189 g/mol. The number of hydrogen-bond acceptors (Lipinski definition) is 2. The van der Waals surface area contributed by atoms with Gasteiger partial charge in [-0.2, -0.15) is 0 Å². The molecule has 0 radical (unpaired) electrons. The summed E-state index contributed by atoms with van der Waals surface area (Å²) in [7, 11) is 1.25. The van der Waals surface area contributed by atoms with Crippen molar-refractivity contribution in [3.8, 4) is 0 Å². The van der Waals surface area contributed by atoms with E-state index in [2.05, 4.69) is 13.8 Å². The highest BCUT2D eigenvalue weighted by Gasteiger charge is 1.85. The van der Waals surface area contributed by atoms with E-state index in [1.807, 2.05) is 0 Å². The van der Waals surface area contributed by atoms with E-state index in [0.29, 0.717) is 0 Å². The second-order valence-corrected chi connectivity index (χ2v) is 4.19. The minimum Gasteiger partial charge on any atom is -0.328 e. The van der Waals surface area contributed by atoms with Gasteiger partial charge in [0, 0.05) is 0 Å². The van der Waals surface area contributed by atoms with Gasteiger partial charge in [0.25, 0.3) is 5.09 Å². The summed E-state index contributed by atoms with van der Waals surface area (Å²) in [5, 5.41) is 13.6. The zero-order valence-corrected chi connectivity index (χ0v) is 9.45. The zero-order chi connectivity index (χ0) is 10.5. The van der Waals surface area contributed by atoms with Gasteiger partial charge in [-0.15, -0.1) is 18.7 Å². The highest BCUT2D eigenvalue weighted by molar-refractivity contribution is 7.37. The van der Waals surface area contributed by atoms with Crippen LogP contribution in [-0.4, -0.2) is 22.6 Å². The summed E-state index contributed by atoms with van der Waals surface area (Å²) in [6, 6.07) is 0. The van der Waals surface area contributed by atoms with Crippen LogP contribution in [0, 0.1) is 10.1 Å². The predicted octanol–water partition coefficient (Wildman–Crippen LogP) is 2.92. The highest BCUT2D eigenvalue weighted by atomic mass is 31.1. The van der Waals surface area contributed by atoms with Crippen LogP contribution in [0.3, 0.4) is 0 Å². The van der Waals surface area contributed by atoms with Gasteiger partial charge < -0.3 is 5.21 Å². The minimum atomic E-state index is -1.50. The Hall–Kier alpha value is -0.370. The molecule has 13 heavy (non-hydrogen) atoms. The monoisotopic (exact) mass is 209 g/mol. The molecule has 0 fully saturated rings. The summed E-state index contributed by atoms with van der Waals surface area (Å²) in [5.74, 6) is 0. The summed E-state index contributed by atoms with van der Waals surface area (Å²) in [4.78, 5) is 8.36. The fraction of sp³-hybridized carbons (Fsp3) is 1.00. The second kappa shape index (κ2) is 14.2. The summed E-state index contributed by atoms with van der Waals surface area (Å²) >= 11 is 0. The summed E-state index contributed by atoms with van der Waals surface area (Å²) in [6.07, 6.45) is 8.61. The summed E-state index contributed by atoms with van der Waals surface area (Å²) in [6.45, 7) is 4.54. The number of unbranched alkanes of at least 4 members (excludes halogenated alkanes) is 2. The molecule has 80 valence electrons. The van der Waals surface area contributed by atoms with Crippen molar-refractivity contribution in [2.45, 2.75) is 39.5 Å². The molecule has 0 saturated heterocycles. The van der Waals surface area contributed by atoms with Crippen LogP contribution in [0.15, 0.2) is 0 Å². The standard InChI is InChI=1S/C8H19P.HNO3/c1-3-5-7-9-8-6-4-2;2-1(3)4/h9H,3-8H2,1-2H3;(H,2,3,4). The molecule has 0 bridgehead atoms. The maximum absolute atomic E-state index is 8.36. The number of rotatable bonds is 6. The minimum absolute atomic E-state index is 1.25. The van der Waals surface area contributed by atoms with Crippen LogP contribution >= 0.6 is 8.58 Å². The van der Waals surface area contributed by atoms with Crippen molar-refractivity contribution in [3.05, 3.63) is 10.1 Å². The first-order valence-electron chi connectivity index (χ1n) is 4.69. The van der Waals surface area contributed by atoms with Crippen molar-refractivity contribution in [2.24, 2.45) is 0 Å². The smallest absolute Gasteiger partial charge is 0.291 e. The van der Waals surface area contributed by atoms with Gasteiger partial charge in [-0.25, -0.2) is 0 Å². The normalized spacial score (nSPS) is 8.77.